The highest BCUT2D eigenvalue weighted by atomic mass is 32.1. The summed E-state index contributed by atoms with van der Waals surface area (Å²) in [7, 11) is 0. The summed E-state index contributed by atoms with van der Waals surface area (Å²) < 4.78 is 7.52. The van der Waals surface area contributed by atoms with Gasteiger partial charge in [-0.2, -0.15) is 0 Å². The molecule has 9 heteroatoms. The van der Waals surface area contributed by atoms with E-state index in [2.05, 4.69) is 10.3 Å². The molecule has 3 heterocycles. The molecule has 0 radical (unpaired) electrons. The molecule has 1 fully saturated rings. The maximum atomic E-state index is 12.5. The van der Waals surface area contributed by atoms with Crippen LogP contribution in [0.3, 0.4) is 0 Å². The number of nitrogens with one attached hydrogen (secondary N) is 1. The number of amides is 2. The minimum atomic E-state index is -0.558. The lowest BCUT2D eigenvalue weighted by Gasteiger charge is -2.33. The summed E-state index contributed by atoms with van der Waals surface area (Å²) >= 11 is 1.36. The zero-order chi connectivity index (χ0) is 20.3. The van der Waals surface area contributed by atoms with E-state index in [1.54, 1.807) is 4.90 Å². The Kier molecular flexibility index (Phi) is 6.02. The maximum absolute atomic E-state index is 12.5. The van der Waals surface area contributed by atoms with Crippen LogP contribution in [0.15, 0.2) is 22.6 Å². The van der Waals surface area contributed by atoms with Crippen molar-refractivity contribution < 1.29 is 14.3 Å². The van der Waals surface area contributed by atoms with E-state index in [4.69, 9.17) is 4.74 Å². The van der Waals surface area contributed by atoms with Crippen molar-refractivity contribution in [2.24, 2.45) is 5.92 Å². The molecule has 2 aromatic heterocycles. The second kappa shape index (κ2) is 8.30. The third kappa shape index (κ3) is 4.89. The number of thiophene rings is 1. The van der Waals surface area contributed by atoms with Gasteiger partial charge in [0.1, 0.15) is 10.3 Å². The molecule has 2 amide bonds. The molecule has 0 aromatic carbocycles. The second-order valence-corrected chi connectivity index (χ2v) is 8.85. The van der Waals surface area contributed by atoms with E-state index < -0.39 is 5.60 Å². The quantitative estimate of drug-likeness (QED) is 0.840. The number of nitrogens with zero attached hydrogens (tertiary/aromatic N) is 3. The maximum Gasteiger partial charge on any atom is 0.410 e. The Hall–Kier alpha value is -2.42. The van der Waals surface area contributed by atoms with Crippen molar-refractivity contribution in [3.63, 3.8) is 0 Å². The van der Waals surface area contributed by atoms with Gasteiger partial charge in [-0.1, -0.05) is 0 Å². The predicted octanol–water partition coefficient (Wildman–Crippen LogP) is 2.22. The standard InChI is InChI=1S/C19H26N4O4S/c1-19(2,3)27-18(26)22-8-4-5-13(11-22)16(24)20-7-9-23-12-21-14-6-10-28-15(14)17(23)25/h6,10,12-13H,4-5,7-9,11H2,1-3H3,(H,20,24). The smallest absolute Gasteiger partial charge is 0.410 e. The van der Waals surface area contributed by atoms with Crippen LogP contribution < -0.4 is 10.9 Å². The first-order valence-electron chi connectivity index (χ1n) is 9.43. The Morgan fingerprint density at radius 2 is 2.18 bits per heavy atom. The molecule has 0 bridgehead atoms. The third-order valence-corrected chi connectivity index (χ3v) is 5.42. The molecule has 8 nitrogen and oxygen atoms in total. The van der Waals surface area contributed by atoms with Crippen molar-refractivity contribution >= 4 is 33.6 Å². The predicted molar refractivity (Wildman–Crippen MR) is 107 cm³/mol. The van der Waals surface area contributed by atoms with Gasteiger partial charge in [-0.05, 0) is 45.1 Å². The summed E-state index contributed by atoms with van der Waals surface area (Å²) in [6.45, 7) is 7.11. The Bertz CT molecular complexity index is 915. The van der Waals surface area contributed by atoms with Gasteiger partial charge in [-0.3, -0.25) is 14.2 Å². The van der Waals surface area contributed by atoms with Gasteiger partial charge >= 0.3 is 6.09 Å². The number of aromatic nitrogens is 2. The summed E-state index contributed by atoms with van der Waals surface area (Å²) in [6, 6.07) is 1.81. The van der Waals surface area contributed by atoms with Crippen molar-refractivity contribution in [3.05, 3.63) is 28.1 Å². The average molecular weight is 407 g/mol. The highest BCUT2D eigenvalue weighted by Crippen LogP contribution is 2.19. The van der Waals surface area contributed by atoms with Gasteiger partial charge in [0.2, 0.25) is 5.91 Å². The zero-order valence-electron chi connectivity index (χ0n) is 16.4. The zero-order valence-corrected chi connectivity index (χ0v) is 17.3. The first kappa shape index (κ1) is 20.3. The Balaban J connectivity index is 1.52. The van der Waals surface area contributed by atoms with E-state index in [1.807, 2.05) is 32.2 Å². The molecule has 1 saturated heterocycles. The van der Waals surface area contributed by atoms with Gasteiger partial charge in [0.25, 0.3) is 5.56 Å². The number of carbonyl (C=O) groups is 2. The summed E-state index contributed by atoms with van der Waals surface area (Å²) in [5.41, 5.74) is 0.0415. The summed E-state index contributed by atoms with van der Waals surface area (Å²) in [5, 5.41) is 4.71. The normalized spacial score (nSPS) is 17.5. The van der Waals surface area contributed by atoms with Crippen LogP contribution >= 0.6 is 11.3 Å². The summed E-state index contributed by atoms with van der Waals surface area (Å²) in [6.07, 6.45) is 2.62. The summed E-state index contributed by atoms with van der Waals surface area (Å²) in [5.74, 6) is -0.373. The molecule has 1 atom stereocenters. The van der Waals surface area contributed by atoms with Gasteiger partial charge in [0.05, 0.1) is 17.8 Å². The number of likely N-dealkylation sites (tertiary alicyclic amines) is 1. The molecule has 0 saturated carbocycles. The number of piperidine rings is 1. The van der Waals surface area contributed by atoms with Crippen LogP contribution in [0, 0.1) is 5.92 Å². The van der Waals surface area contributed by atoms with Crippen molar-refractivity contribution in [3.8, 4) is 0 Å². The molecule has 2 aromatic rings. The molecular weight excluding hydrogens is 380 g/mol. The Morgan fingerprint density at radius 3 is 2.93 bits per heavy atom. The van der Waals surface area contributed by atoms with Crippen molar-refractivity contribution in [2.75, 3.05) is 19.6 Å². The fraction of sp³-hybridized carbons (Fsp3) is 0.579. The fourth-order valence-electron chi connectivity index (χ4n) is 3.17. The van der Waals surface area contributed by atoms with Crippen LogP contribution in [-0.2, 0) is 16.1 Å². The minimum absolute atomic E-state index is 0.0944. The fourth-order valence-corrected chi connectivity index (χ4v) is 3.96. The van der Waals surface area contributed by atoms with Crippen molar-refractivity contribution in [2.45, 2.75) is 45.8 Å². The molecule has 1 N–H and O–H groups in total. The Labute approximate surface area is 167 Å². The number of ether oxygens (including phenoxy) is 1. The van der Waals surface area contributed by atoms with E-state index in [1.165, 1.54) is 22.2 Å². The van der Waals surface area contributed by atoms with Gasteiger partial charge in [-0.15, -0.1) is 11.3 Å². The minimum Gasteiger partial charge on any atom is -0.444 e. The molecule has 3 rings (SSSR count). The number of carbonyl (C=O) groups excluding carboxylic acids is 2. The number of rotatable bonds is 4. The largest absolute Gasteiger partial charge is 0.444 e. The van der Waals surface area contributed by atoms with E-state index >= 15 is 0 Å². The molecule has 0 aliphatic carbocycles. The summed E-state index contributed by atoms with van der Waals surface area (Å²) in [4.78, 5) is 42.9. The molecule has 152 valence electrons. The lowest BCUT2D eigenvalue weighted by atomic mass is 9.97. The van der Waals surface area contributed by atoms with E-state index in [0.29, 0.717) is 36.4 Å². The highest BCUT2D eigenvalue weighted by molar-refractivity contribution is 7.17. The van der Waals surface area contributed by atoms with E-state index in [9.17, 15) is 14.4 Å². The van der Waals surface area contributed by atoms with Crippen LogP contribution in [0.5, 0.6) is 0 Å². The lowest BCUT2D eigenvalue weighted by molar-refractivity contribution is -0.126. The second-order valence-electron chi connectivity index (χ2n) is 7.93. The molecule has 0 spiro atoms. The number of fused-ring (bicyclic) bond motifs is 1. The first-order valence-corrected chi connectivity index (χ1v) is 10.3. The third-order valence-electron chi connectivity index (χ3n) is 4.53. The van der Waals surface area contributed by atoms with Crippen molar-refractivity contribution in [1.29, 1.82) is 0 Å². The van der Waals surface area contributed by atoms with Crippen molar-refractivity contribution in [1.82, 2.24) is 19.8 Å². The molecular formula is C19H26N4O4S. The van der Waals surface area contributed by atoms with Crippen LogP contribution in [-0.4, -0.2) is 51.7 Å². The van der Waals surface area contributed by atoms with Crippen LogP contribution in [0.1, 0.15) is 33.6 Å². The Morgan fingerprint density at radius 1 is 1.39 bits per heavy atom. The molecule has 1 aliphatic rings. The van der Waals surface area contributed by atoms with Gasteiger partial charge in [0, 0.05) is 26.2 Å². The topological polar surface area (TPSA) is 93.5 Å². The molecule has 1 unspecified atom stereocenters. The monoisotopic (exact) mass is 406 g/mol. The van der Waals surface area contributed by atoms with Crippen LogP contribution in [0.2, 0.25) is 0 Å². The van der Waals surface area contributed by atoms with Crippen LogP contribution in [0.4, 0.5) is 4.79 Å². The van der Waals surface area contributed by atoms with Gasteiger partial charge < -0.3 is 15.0 Å². The number of hydrogen-bond acceptors (Lipinski definition) is 6. The molecule has 28 heavy (non-hydrogen) atoms. The van der Waals surface area contributed by atoms with Gasteiger partial charge in [-0.25, -0.2) is 9.78 Å². The SMILES string of the molecule is CC(C)(C)OC(=O)N1CCCC(C(=O)NCCn2cnc3ccsc3c2=O)C1. The highest BCUT2D eigenvalue weighted by Gasteiger charge is 2.30. The number of hydrogen-bond donors (Lipinski definition) is 1. The van der Waals surface area contributed by atoms with Gasteiger partial charge in [0.15, 0.2) is 0 Å². The van der Waals surface area contributed by atoms with E-state index in [-0.39, 0.29) is 23.5 Å². The first-order chi connectivity index (χ1) is 13.2. The lowest BCUT2D eigenvalue weighted by Crippen LogP contribution is -2.47. The average Bonchev–Trinajstić information content (AvgIpc) is 3.12. The van der Waals surface area contributed by atoms with E-state index in [0.717, 1.165) is 12.8 Å². The molecule has 1 aliphatic heterocycles. The van der Waals surface area contributed by atoms with Crippen LogP contribution in [0.25, 0.3) is 10.2 Å².